The fraction of sp³-hybridized carbons (Fsp3) is 0.231. The topological polar surface area (TPSA) is 117 Å². The SMILES string of the molecule is CN1C(=O)C(NC(=O)C2(NC(=O)c3cncnc3)CCC2)N=C(c2ccccc2)c2ccccc21. The minimum Gasteiger partial charge on any atom is -0.338 e. The van der Waals surface area contributed by atoms with Gasteiger partial charge in [-0.3, -0.25) is 14.4 Å². The summed E-state index contributed by atoms with van der Waals surface area (Å²) in [5, 5.41) is 5.64. The van der Waals surface area contributed by atoms with E-state index in [9.17, 15) is 14.4 Å². The molecule has 0 radical (unpaired) electrons. The van der Waals surface area contributed by atoms with Crippen molar-refractivity contribution in [3.8, 4) is 0 Å². The molecule has 2 heterocycles. The predicted octanol–water partition coefficient (Wildman–Crippen LogP) is 2.09. The van der Waals surface area contributed by atoms with Crippen LogP contribution in [-0.2, 0) is 9.59 Å². The van der Waals surface area contributed by atoms with E-state index in [1.165, 1.54) is 23.6 Å². The normalized spacial score (nSPS) is 18.4. The molecular formula is C26H24N6O3. The van der Waals surface area contributed by atoms with Crippen LogP contribution in [0.2, 0.25) is 0 Å². The monoisotopic (exact) mass is 468 g/mol. The van der Waals surface area contributed by atoms with Crippen LogP contribution in [-0.4, -0.2) is 52.2 Å². The van der Waals surface area contributed by atoms with Gasteiger partial charge in [-0.2, -0.15) is 0 Å². The second kappa shape index (κ2) is 9.09. The number of nitrogens with zero attached hydrogens (tertiary/aromatic N) is 4. The Labute approximate surface area is 202 Å². The minimum atomic E-state index is -1.15. The smallest absolute Gasteiger partial charge is 0.272 e. The number of benzodiazepines with no additional fused rings is 1. The highest BCUT2D eigenvalue weighted by atomic mass is 16.2. The van der Waals surface area contributed by atoms with Crippen molar-refractivity contribution in [2.75, 3.05) is 11.9 Å². The lowest BCUT2D eigenvalue weighted by molar-refractivity contribution is -0.134. The summed E-state index contributed by atoms with van der Waals surface area (Å²) < 4.78 is 0. The number of aliphatic imine (C=N–C) groups is 1. The van der Waals surface area contributed by atoms with E-state index in [4.69, 9.17) is 4.99 Å². The maximum Gasteiger partial charge on any atom is 0.272 e. The summed E-state index contributed by atoms with van der Waals surface area (Å²) >= 11 is 0. The summed E-state index contributed by atoms with van der Waals surface area (Å²) in [5.41, 5.74) is 2.08. The average molecular weight is 469 g/mol. The molecule has 0 bridgehead atoms. The molecule has 9 heteroatoms. The van der Waals surface area contributed by atoms with Gasteiger partial charge in [0.2, 0.25) is 12.1 Å². The van der Waals surface area contributed by atoms with E-state index in [0.29, 0.717) is 24.2 Å². The van der Waals surface area contributed by atoms with E-state index in [2.05, 4.69) is 20.6 Å². The number of aromatic nitrogens is 2. The fourth-order valence-corrected chi connectivity index (χ4v) is 4.35. The second-order valence-electron chi connectivity index (χ2n) is 8.65. The Kier molecular flexibility index (Phi) is 5.82. The van der Waals surface area contributed by atoms with Crippen LogP contribution in [0.1, 0.15) is 40.7 Å². The van der Waals surface area contributed by atoms with Crippen LogP contribution in [0.15, 0.2) is 78.3 Å². The van der Waals surface area contributed by atoms with E-state index in [-0.39, 0.29) is 11.5 Å². The van der Waals surface area contributed by atoms with Crippen molar-refractivity contribution in [1.29, 1.82) is 0 Å². The number of fused-ring (bicyclic) bond motifs is 1. The van der Waals surface area contributed by atoms with Gasteiger partial charge < -0.3 is 15.5 Å². The number of carbonyl (C=O) groups excluding carboxylic acids is 3. The van der Waals surface area contributed by atoms with E-state index < -0.39 is 23.5 Å². The van der Waals surface area contributed by atoms with Gasteiger partial charge in [0.25, 0.3) is 11.8 Å². The first-order chi connectivity index (χ1) is 17.0. The minimum absolute atomic E-state index is 0.261. The highest BCUT2D eigenvalue weighted by Crippen LogP contribution is 2.33. The highest BCUT2D eigenvalue weighted by Gasteiger charge is 2.47. The number of amides is 3. The molecule has 1 saturated carbocycles. The lowest BCUT2D eigenvalue weighted by Gasteiger charge is -2.41. The van der Waals surface area contributed by atoms with E-state index in [1.54, 1.807) is 7.05 Å². The summed E-state index contributed by atoms with van der Waals surface area (Å²) in [6, 6.07) is 17.0. The lowest BCUT2D eigenvalue weighted by Crippen LogP contribution is -2.65. The molecule has 1 fully saturated rings. The first-order valence-electron chi connectivity index (χ1n) is 11.4. The molecule has 9 nitrogen and oxygen atoms in total. The number of likely N-dealkylation sites (N-methyl/N-ethyl adjacent to an activating group) is 1. The van der Waals surface area contributed by atoms with Crippen molar-refractivity contribution in [2.45, 2.75) is 31.0 Å². The summed E-state index contributed by atoms with van der Waals surface area (Å²) in [6.07, 6.45) is 4.67. The van der Waals surface area contributed by atoms with Crippen molar-refractivity contribution in [2.24, 2.45) is 4.99 Å². The Morgan fingerprint density at radius 3 is 2.37 bits per heavy atom. The zero-order valence-electron chi connectivity index (χ0n) is 19.1. The zero-order chi connectivity index (χ0) is 24.4. The standard InChI is InChI=1S/C26H24N6O3/c1-32-20-11-6-5-10-19(20)21(17-8-3-2-4-9-17)29-22(24(32)34)30-25(35)26(12-7-13-26)31-23(33)18-14-27-16-28-15-18/h2-6,8-11,14-16,22H,7,12-13H2,1H3,(H,30,35)(H,31,33). The zero-order valence-corrected chi connectivity index (χ0v) is 19.1. The summed E-state index contributed by atoms with van der Waals surface area (Å²) in [7, 11) is 1.67. The number of rotatable bonds is 5. The Hall–Kier alpha value is -4.40. The number of nitrogens with one attached hydrogen (secondary N) is 2. The van der Waals surface area contributed by atoms with Crippen LogP contribution in [0.4, 0.5) is 5.69 Å². The van der Waals surface area contributed by atoms with Gasteiger partial charge >= 0.3 is 0 Å². The number of anilines is 1. The molecule has 1 aliphatic carbocycles. The van der Waals surface area contributed by atoms with Gasteiger partial charge in [-0.1, -0.05) is 48.5 Å². The Bertz CT molecular complexity index is 1300. The van der Waals surface area contributed by atoms with Gasteiger partial charge in [0.05, 0.1) is 17.0 Å². The van der Waals surface area contributed by atoms with Crippen LogP contribution >= 0.6 is 0 Å². The van der Waals surface area contributed by atoms with Crippen molar-refractivity contribution in [3.63, 3.8) is 0 Å². The molecule has 35 heavy (non-hydrogen) atoms. The molecule has 1 atom stereocenters. The molecule has 3 aromatic rings. The molecule has 1 aliphatic heterocycles. The third-order valence-electron chi connectivity index (χ3n) is 6.48. The van der Waals surface area contributed by atoms with Crippen molar-refractivity contribution in [3.05, 3.63) is 90.0 Å². The Morgan fingerprint density at radius 1 is 1.00 bits per heavy atom. The summed E-state index contributed by atoms with van der Waals surface area (Å²) in [5.74, 6) is -1.25. The number of hydrogen-bond acceptors (Lipinski definition) is 6. The van der Waals surface area contributed by atoms with Crippen LogP contribution < -0.4 is 15.5 Å². The first-order valence-corrected chi connectivity index (χ1v) is 11.4. The second-order valence-corrected chi connectivity index (χ2v) is 8.65. The number of benzene rings is 2. The predicted molar refractivity (Wildman–Crippen MR) is 130 cm³/mol. The Morgan fingerprint density at radius 2 is 1.69 bits per heavy atom. The molecule has 176 valence electrons. The molecule has 3 amide bonds. The highest BCUT2D eigenvalue weighted by molar-refractivity contribution is 6.20. The first kappa shape index (κ1) is 22.4. The molecule has 5 rings (SSSR count). The number of hydrogen-bond donors (Lipinski definition) is 2. The van der Waals surface area contributed by atoms with E-state index in [0.717, 1.165) is 17.5 Å². The van der Waals surface area contributed by atoms with Crippen LogP contribution in [0, 0.1) is 0 Å². The van der Waals surface area contributed by atoms with Crippen LogP contribution in [0.3, 0.4) is 0 Å². The van der Waals surface area contributed by atoms with Crippen molar-refractivity contribution >= 4 is 29.1 Å². The maximum absolute atomic E-state index is 13.5. The van der Waals surface area contributed by atoms with Crippen molar-refractivity contribution < 1.29 is 14.4 Å². The maximum atomic E-state index is 13.5. The molecule has 2 N–H and O–H groups in total. The van der Waals surface area contributed by atoms with Gasteiger partial charge in [-0.25, -0.2) is 15.0 Å². The summed E-state index contributed by atoms with van der Waals surface area (Å²) in [6.45, 7) is 0. The molecule has 0 saturated heterocycles. The summed E-state index contributed by atoms with van der Waals surface area (Å²) in [4.78, 5) is 53.6. The van der Waals surface area contributed by atoms with Crippen LogP contribution in [0.5, 0.6) is 0 Å². The van der Waals surface area contributed by atoms with Gasteiger partial charge in [0.1, 0.15) is 11.9 Å². The van der Waals surface area contributed by atoms with Gasteiger partial charge in [0, 0.05) is 30.6 Å². The third kappa shape index (κ3) is 4.16. The third-order valence-corrected chi connectivity index (χ3v) is 6.48. The van der Waals surface area contributed by atoms with E-state index >= 15 is 0 Å². The average Bonchev–Trinajstić information content (AvgIpc) is 2.98. The largest absolute Gasteiger partial charge is 0.338 e. The fourth-order valence-electron chi connectivity index (χ4n) is 4.35. The molecule has 1 aromatic heterocycles. The van der Waals surface area contributed by atoms with Crippen LogP contribution in [0.25, 0.3) is 0 Å². The Balaban J connectivity index is 1.46. The van der Waals surface area contributed by atoms with Gasteiger partial charge in [-0.05, 0) is 25.3 Å². The van der Waals surface area contributed by atoms with Crippen molar-refractivity contribution in [1.82, 2.24) is 20.6 Å². The lowest BCUT2D eigenvalue weighted by atomic mass is 9.75. The van der Waals surface area contributed by atoms with E-state index in [1.807, 2.05) is 54.6 Å². The molecular weight excluding hydrogens is 444 g/mol. The number of para-hydroxylation sites is 1. The molecule has 0 spiro atoms. The quantitative estimate of drug-likeness (QED) is 0.595. The molecule has 2 aromatic carbocycles. The number of carbonyl (C=O) groups is 3. The van der Waals surface area contributed by atoms with Gasteiger partial charge in [0.15, 0.2) is 0 Å². The molecule has 2 aliphatic rings. The van der Waals surface area contributed by atoms with Gasteiger partial charge in [-0.15, -0.1) is 0 Å². The molecule has 1 unspecified atom stereocenters.